The highest BCUT2D eigenvalue weighted by molar-refractivity contribution is 6.00. The fourth-order valence-corrected chi connectivity index (χ4v) is 3.51. The van der Waals surface area contributed by atoms with Gasteiger partial charge in [0, 0.05) is 34.8 Å². The lowest BCUT2D eigenvalue weighted by atomic mass is 10.1. The van der Waals surface area contributed by atoms with Crippen molar-refractivity contribution in [2.45, 2.75) is 13.5 Å². The molecule has 0 aliphatic heterocycles. The molecule has 1 N–H and O–H groups in total. The second-order valence-corrected chi connectivity index (χ2v) is 7.01. The largest absolute Gasteiger partial charge is 0.342 e. The number of hydrogen-bond donors (Lipinski definition) is 1. The zero-order valence-corrected chi connectivity index (χ0v) is 16.5. The number of para-hydroxylation sites is 1. The molecule has 0 aliphatic rings. The summed E-state index contributed by atoms with van der Waals surface area (Å²) in [6.45, 7) is 2.47. The van der Waals surface area contributed by atoms with E-state index >= 15 is 0 Å². The van der Waals surface area contributed by atoms with Gasteiger partial charge in [-0.25, -0.2) is 5.43 Å². The molecule has 4 aromatic rings. The number of aryl methyl sites for hydroxylation is 1. The zero-order chi connectivity index (χ0) is 20.9. The van der Waals surface area contributed by atoms with Gasteiger partial charge in [-0.15, -0.1) is 0 Å². The Kier molecular flexibility index (Phi) is 5.40. The summed E-state index contributed by atoms with van der Waals surface area (Å²) in [5, 5.41) is 14.6. The van der Waals surface area contributed by atoms with Crippen molar-refractivity contribution in [2.75, 3.05) is 0 Å². The molecule has 1 heterocycles. The van der Waals surface area contributed by atoms with Gasteiger partial charge >= 0.3 is 0 Å². The van der Waals surface area contributed by atoms with Crippen molar-refractivity contribution in [3.05, 3.63) is 107 Å². The molecule has 0 saturated carbocycles. The minimum Gasteiger partial charge on any atom is -0.342 e. The standard InChI is InChI=1S/C25H20N4O/c1-18-8-2-5-11-22(18)25(30)28-27-15-21-17-29(24-13-7-6-12-23(21)24)16-20-10-4-3-9-19(20)14-26/h2-13,15,17H,16H2,1H3,(H,28,30)/b27-15-. The normalized spacial score (nSPS) is 10.9. The number of benzene rings is 3. The third kappa shape index (κ3) is 3.85. The van der Waals surface area contributed by atoms with Gasteiger partial charge in [0.05, 0.1) is 17.8 Å². The Labute approximate surface area is 174 Å². The summed E-state index contributed by atoms with van der Waals surface area (Å²) in [6, 6.07) is 25.2. The first-order valence-electron chi connectivity index (χ1n) is 9.62. The first-order valence-corrected chi connectivity index (χ1v) is 9.62. The minimum absolute atomic E-state index is 0.240. The second kappa shape index (κ2) is 8.46. The van der Waals surface area contributed by atoms with E-state index in [4.69, 9.17) is 0 Å². The van der Waals surface area contributed by atoms with Gasteiger partial charge in [0.1, 0.15) is 0 Å². The van der Waals surface area contributed by atoms with E-state index in [-0.39, 0.29) is 5.91 Å². The number of carbonyl (C=O) groups excluding carboxylic acids is 1. The van der Waals surface area contributed by atoms with Crippen LogP contribution < -0.4 is 5.43 Å². The molecule has 4 rings (SSSR count). The Bertz CT molecular complexity index is 1290. The predicted molar refractivity (Wildman–Crippen MR) is 118 cm³/mol. The van der Waals surface area contributed by atoms with Gasteiger partial charge in [-0.2, -0.15) is 10.4 Å². The number of nitrogens with zero attached hydrogens (tertiary/aromatic N) is 3. The molecule has 3 aromatic carbocycles. The van der Waals surface area contributed by atoms with Crippen LogP contribution in [0.2, 0.25) is 0 Å². The van der Waals surface area contributed by atoms with E-state index in [1.165, 1.54) is 0 Å². The molecule has 146 valence electrons. The average Bonchev–Trinajstić information content (AvgIpc) is 3.12. The number of fused-ring (bicyclic) bond motifs is 1. The van der Waals surface area contributed by atoms with Gasteiger partial charge in [-0.3, -0.25) is 4.79 Å². The van der Waals surface area contributed by atoms with Crippen LogP contribution in [0.1, 0.15) is 32.6 Å². The molecule has 1 aromatic heterocycles. The molecule has 0 saturated heterocycles. The van der Waals surface area contributed by atoms with Crippen LogP contribution in [0.25, 0.3) is 10.9 Å². The van der Waals surface area contributed by atoms with Crippen LogP contribution in [0.5, 0.6) is 0 Å². The number of carbonyl (C=O) groups is 1. The van der Waals surface area contributed by atoms with Crippen LogP contribution in [-0.2, 0) is 6.54 Å². The van der Waals surface area contributed by atoms with Gasteiger partial charge in [0.2, 0.25) is 0 Å². The van der Waals surface area contributed by atoms with Crippen molar-refractivity contribution in [1.29, 1.82) is 5.26 Å². The van der Waals surface area contributed by atoms with Crippen LogP contribution >= 0.6 is 0 Å². The highest BCUT2D eigenvalue weighted by atomic mass is 16.2. The molecule has 0 atom stereocenters. The molecule has 0 aliphatic carbocycles. The van der Waals surface area contributed by atoms with Crippen molar-refractivity contribution in [1.82, 2.24) is 9.99 Å². The van der Waals surface area contributed by atoms with Crippen molar-refractivity contribution in [2.24, 2.45) is 5.10 Å². The SMILES string of the molecule is Cc1ccccc1C(=O)N/N=C\c1cn(Cc2ccccc2C#N)c2ccccc12. The Hall–Kier alpha value is -4.17. The lowest BCUT2D eigenvalue weighted by Crippen LogP contribution is -2.18. The summed E-state index contributed by atoms with van der Waals surface area (Å²) in [5.41, 5.74) is 7.66. The van der Waals surface area contributed by atoms with E-state index in [1.54, 1.807) is 12.3 Å². The molecule has 0 fully saturated rings. The number of rotatable bonds is 5. The fraction of sp³-hybridized carbons (Fsp3) is 0.0800. The lowest BCUT2D eigenvalue weighted by molar-refractivity contribution is 0.0954. The van der Waals surface area contributed by atoms with Crippen molar-refractivity contribution in [3.8, 4) is 6.07 Å². The molecular weight excluding hydrogens is 372 g/mol. The number of nitriles is 1. The average molecular weight is 392 g/mol. The van der Waals surface area contributed by atoms with Crippen molar-refractivity contribution in [3.63, 3.8) is 0 Å². The summed E-state index contributed by atoms with van der Waals surface area (Å²) in [5.74, 6) is -0.240. The fourth-order valence-electron chi connectivity index (χ4n) is 3.51. The molecule has 30 heavy (non-hydrogen) atoms. The van der Waals surface area contributed by atoms with E-state index in [0.29, 0.717) is 17.7 Å². The number of hydrogen-bond acceptors (Lipinski definition) is 3. The van der Waals surface area contributed by atoms with Crippen LogP contribution in [0.3, 0.4) is 0 Å². The van der Waals surface area contributed by atoms with E-state index in [2.05, 4.69) is 21.2 Å². The Morgan fingerprint density at radius 3 is 2.63 bits per heavy atom. The van der Waals surface area contributed by atoms with Gasteiger partial charge in [0.25, 0.3) is 5.91 Å². The Morgan fingerprint density at radius 2 is 1.80 bits per heavy atom. The highest BCUT2D eigenvalue weighted by Gasteiger charge is 2.10. The predicted octanol–water partition coefficient (Wildman–Crippen LogP) is 4.63. The smallest absolute Gasteiger partial charge is 0.271 e. The van der Waals surface area contributed by atoms with E-state index in [1.807, 2.05) is 79.9 Å². The molecule has 0 bridgehead atoms. The zero-order valence-electron chi connectivity index (χ0n) is 16.5. The van der Waals surface area contributed by atoms with Gasteiger partial charge in [-0.05, 0) is 36.2 Å². The summed E-state index contributed by atoms with van der Waals surface area (Å²) in [7, 11) is 0. The quantitative estimate of drug-likeness (QED) is 0.397. The monoisotopic (exact) mass is 392 g/mol. The summed E-state index contributed by atoms with van der Waals surface area (Å²) < 4.78 is 2.09. The molecule has 1 amide bonds. The van der Waals surface area contributed by atoms with Crippen molar-refractivity contribution < 1.29 is 4.79 Å². The molecule has 0 spiro atoms. The maximum absolute atomic E-state index is 12.4. The molecule has 0 radical (unpaired) electrons. The van der Waals surface area contributed by atoms with Crippen LogP contribution in [0.4, 0.5) is 0 Å². The third-order valence-corrected chi connectivity index (χ3v) is 5.06. The van der Waals surface area contributed by atoms with Gasteiger partial charge in [0.15, 0.2) is 0 Å². The first kappa shape index (κ1) is 19.2. The first-order chi connectivity index (χ1) is 14.7. The number of nitrogens with one attached hydrogen (secondary N) is 1. The molecular formula is C25H20N4O. The van der Waals surface area contributed by atoms with Crippen LogP contribution in [0.15, 0.2) is 84.1 Å². The summed E-state index contributed by atoms with van der Waals surface area (Å²) >= 11 is 0. The maximum atomic E-state index is 12.4. The highest BCUT2D eigenvalue weighted by Crippen LogP contribution is 2.22. The molecule has 0 unspecified atom stereocenters. The van der Waals surface area contributed by atoms with Gasteiger partial charge < -0.3 is 4.57 Å². The van der Waals surface area contributed by atoms with E-state index < -0.39 is 0 Å². The van der Waals surface area contributed by atoms with Crippen molar-refractivity contribution >= 4 is 23.0 Å². The number of amides is 1. The second-order valence-electron chi connectivity index (χ2n) is 7.01. The third-order valence-electron chi connectivity index (χ3n) is 5.06. The molecule has 5 heteroatoms. The van der Waals surface area contributed by atoms with E-state index in [0.717, 1.165) is 27.6 Å². The van der Waals surface area contributed by atoms with Crippen LogP contribution in [0, 0.1) is 18.3 Å². The number of hydrazone groups is 1. The summed E-state index contributed by atoms with van der Waals surface area (Å²) in [4.78, 5) is 12.4. The van der Waals surface area contributed by atoms with Crippen LogP contribution in [-0.4, -0.2) is 16.7 Å². The summed E-state index contributed by atoms with van der Waals surface area (Å²) in [6.07, 6.45) is 3.65. The molecule has 5 nitrogen and oxygen atoms in total. The van der Waals surface area contributed by atoms with Gasteiger partial charge in [-0.1, -0.05) is 54.6 Å². The van der Waals surface area contributed by atoms with E-state index in [9.17, 15) is 10.1 Å². The minimum atomic E-state index is -0.240. The topological polar surface area (TPSA) is 70.2 Å². The lowest BCUT2D eigenvalue weighted by Gasteiger charge is -2.07. The Balaban J connectivity index is 1.61. The Morgan fingerprint density at radius 1 is 1.07 bits per heavy atom. The number of aromatic nitrogens is 1. The maximum Gasteiger partial charge on any atom is 0.271 e.